The van der Waals surface area contributed by atoms with Gasteiger partial charge in [-0.3, -0.25) is 4.79 Å². The second kappa shape index (κ2) is 4.77. The molecule has 0 unspecified atom stereocenters. The van der Waals surface area contributed by atoms with Crippen LogP contribution in [-0.2, 0) is 4.79 Å². The van der Waals surface area contributed by atoms with Crippen LogP contribution in [-0.4, -0.2) is 5.78 Å². The molecule has 2 aliphatic rings. The maximum atomic E-state index is 11.6. The molecule has 0 N–H and O–H groups in total. The van der Waals surface area contributed by atoms with Crippen molar-refractivity contribution in [2.75, 3.05) is 0 Å². The monoisotopic (exact) mass is 192 g/mol. The van der Waals surface area contributed by atoms with E-state index in [0.717, 1.165) is 30.8 Å². The van der Waals surface area contributed by atoms with Gasteiger partial charge in [-0.1, -0.05) is 25.3 Å². The van der Waals surface area contributed by atoms with E-state index in [9.17, 15) is 4.79 Å². The van der Waals surface area contributed by atoms with Crippen molar-refractivity contribution in [1.82, 2.24) is 0 Å². The molecule has 1 heteroatoms. The van der Waals surface area contributed by atoms with Crippen LogP contribution in [0.25, 0.3) is 0 Å². The smallest absolute Gasteiger partial charge is 0.158 e. The highest BCUT2D eigenvalue weighted by molar-refractivity contribution is 5.95. The van der Waals surface area contributed by atoms with Gasteiger partial charge in [0.25, 0.3) is 0 Å². The summed E-state index contributed by atoms with van der Waals surface area (Å²) in [5, 5.41) is 0. The molecular formula is C13H20O. The molecule has 0 aromatic heterocycles. The third-order valence-electron chi connectivity index (χ3n) is 3.54. The minimum Gasteiger partial charge on any atom is -0.295 e. The summed E-state index contributed by atoms with van der Waals surface area (Å²) in [6.45, 7) is 0. The SMILES string of the molecule is O=C1CCCC/C1=C/C1CCCCC1. The van der Waals surface area contributed by atoms with Crippen molar-refractivity contribution >= 4 is 5.78 Å². The fraction of sp³-hybridized carbons (Fsp3) is 0.769. The van der Waals surface area contributed by atoms with Crippen molar-refractivity contribution in [2.45, 2.75) is 57.8 Å². The Balaban J connectivity index is 1.96. The van der Waals surface area contributed by atoms with Gasteiger partial charge in [0.15, 0.2) is 5.78 Å². The van der Waals surface area contributed by atoms with E-state index in [1.807, 2.05) is 0 Å². The molecule has 0 bridgehead atoms. The van der Waals surface area contributed by atoms with E-state index >= 15 is 0 Å². The number of hydrogen-bond donors (Lipinski definition) is 0. The zero-order valence-electron chi connectivity index (χ0n) is 8.93. The van der Waals surface area contributed by atoms with Gasteiger partial charge in [-0.05, 0) is 43.6 Å². The zero-order chi connectivity index (χ0) is 9.80. The van der Waals surface area contributed by atoms with Crippen LogP contribution >= 0.6 is 0 Å². The molecule has 2 saturated carbocycles. The quantitative estimate of drug-likeness (QED) is 0.580. The van der Waals surface area contributed by atoms with Crippen molar-refractivity contribution in [3.63, 3.8) is 0 Å². The third kappa shape index (κ3) is 2.46. The highest BCUT2D eigenvalue weighted by Crippen LogP contribution is 2.28. The number of hydrogen-bond acceptors (Lipinski definition) is 1. The molecule has 0 spiro atoms. The Kier molecular flexibility index (Phi) is 3.39. The highest BCUT2D eigenvalue weighted by atomic mass is 16.1. The Morgan fingerprint density at radius 2 is 1.64 bits per heavy atom. The normalized spacial score (nSPS) is 28.3. The molecule has 2 rings (SSSR count). The summed E-state index contributed by atoms with van der Waals surface area (Å²) in [7, 11) is 0. The van der Waals surface area contributed by atoms with Crippen molar-refractivity contribution in [3.8, 4) is 0 Å². The largest absolute Gasteiger partial charge is 0.295 e. The van der Waals surface area contributed by atoms with E-state index in [1.165, 1.54) is 38.5 Å². The fourth-order valence-electron chi connectivity index (χ4n) is 2.66. The zero-order valence-corrected chi connectivity index (χ0v) is 8.93. The van der Waals surface area contributed by atoms with Crippen LogP contribution < -0.4 is 0 Å². The maximum absolute atomic E-state index is 11.6. The van der Waals surface area contributed by atoms with Crippen LogP contribution in [0.4, 0.5) is 0 Å². The van der Waals surface area contributed by atoms with E-state index in [2.05, 4.69) is 6.08 Å². The molecule has 0 aromatic rings. The van der Waals surface area contributed by atoms with E-state index < -0.39 is 0 Å². The number of ketones is 1. The Bertz CT molecular complexity index is 234. The van der Waals surface area contributed by atoms with Crippen molar-refractivity contribution in [3.05, 3.63) is 11.6 Å². The third-order valence-corrected chi connectivity index (χ3v) is 3.54. The summed E-state index contributed by atoms with van der Waals surface area (Å²) in [5.41, 5.74) is 1.16. The summed E-state index contributed by atoms with van der Waals surface area (Å²) >= 11 is 0. The van der Waals surface area contributed by atoms with Gasteiger partial charge >= 0.3 is 0 Å². The second-order valence-electron chi connectivity index (χ2n) is 4.72. The molecule has 0 heterocycles. The van der Waals surface area contributed by atoms with Gasteiger partial charge in [0, 0.05) is 6.42 Å². The van der Waals surface area contributed by atoms with Crippen LogP contribution in [0.2, 0.25) is 0 Å². The molecule has 14 heavy (non-hydrogen) atoms. The van der Waals surface area contributed by atoms with Gasteiger partial charge in [-0.25, -0.2) is 0 Å². The molecule has 2 fully saturated rings. The van der Waals surface area contributed by atoms with E-state index in [1.54, 1.807) is 0 Å². The summed E-state index contributed by atoms with van der Waals surface area (Å²) < 4.78 is 0. The van der Waals surface area contributed by atoms with E-state index in [4.69, 9.17) is 0 Å². The summed E-state index contributed by atoms with van der Waals surface area (Å²) in [6, 6.07) is 0. The van der Waals surface area contributed by atoms with Crippen LogP contribution in [0, 0.1) is 5.92 Å². The molecule has 0 radical (unpaired) electrons. The first-order valence-electron chi connectivity index (χ1n) is 6.10. The van der Waals surface area contributed by atoms with Crippen LogP contribution in [0.5, 0.6) is 0 Å². The van der Waals surface area contributed by atoms with Gasteiger partial charge in [-0.2, -0.15) is 0 Å². The van der Waals surface area contributed by atoms with Gasteiger partial charge in [0.05, 0.1) is 0 Å². The van der Waals surface area contributed by atoms with Crippen LogP contribution in [0.3, 0.4) is 0 Å². The van der Waals surface area contributed by atoms with Crippen LogP contribution in [0.15, 0.2) is 11.6 Å². The Morgan fingerprint density at radius 1 is 0.929 bits per heavy atom. The minimum atomic E-state index is 0.432. The lowest BCUT2D eigenvalue weighted by atomic mass is 9.84. The number of rotatable bonds is 1. The molecule has 1 nitrogen and oxygen atoms in total. The number of carbonyl (C=O) groups excluding carboxylic acids is 1. The molecule has 0 aliphatic heterocycles. The Morgan fingerprint density at radius 3 is 2.36 bits per heavy atom. The lowest BCUT2D eigenvalue weighted by Gasteiger charge is -2.21. The summed E-state index contributed by atoms with van der Waals surface area (Å²) in [4.78, 5) is 11.6. The lowest BCUT2D eigenvalue weighted by molar-refractivity contribution is -0.116. The molecular weight excluding hydrogens is 172 g/mol. The summed E-state index contributed by atoms with van der Waals surface area (Å²) in [6.07, 6.45) is 13.3. The fourth-order valence-corrected chi connectivity index (χ4v) is 2.66. The van der Waals surface area contributed by atoms with Gasteiger partial charge in [-0.15, -0.1) is 0 Å². The molecule has 0 saturated heterocycles. The predicted octanol–water partition coefficient (Wildman–Crippen LogP) is 3.64. The molecule has 0 amide bonds. The average Bonchev–Trinajstić information content (AvgIpc) is 2.23. The predicted molar refractivity (Wildman–Crippen MR) is 58.1 cm³/mol. The van der Waals surface area contributed by atoms with Crippen molar-refractivity contribution < 1.29 is 4.79 Å². The second-order valence-corrected chi connectivity index (χ2v) is 4.72. The first-order valence-corrected chi connectivity index (χ1v) is 6.10. The molecule has 2 aliphatic carbocycles. The van der Waals surface area contributed by atoms with Crippen LogP contribution in [0.1, 0.15) is 57.8 Å². The van der Waals surface area contributed by atoms with E-state index in [-0.39, 0.29) is 0 Å². The number of carbonyl (C=O) groups is 1. The standard InChI is InChI=1S/C13H20O/c14-13-9-5-4-8-12(13)10-11-6-2-1-3-7-11/h10-11H,1-9H2/b12-10-. The van der Waals surface area contributed by atoms with Gasteiger partial charge < -0.3 is 0 Å². The molecule has 0 atom stereocenters. The van der Waals surface area contributed by atoms with Crippen molar-refractivity contribution in [2.24, 2.45) is 5.92 Å². The Hall–Kier alpha value is -0.590. The minimum absolute atomic E-state index is 0.432. The first-order chi connectivity index (χ1) is 6.86. The van der Waals surface area contributed by atoms with E-state index in [0.29, 0.717) is 5.78 Å². The lowest BCUT2D eigenvalue weighted by Crippen LogP contribution is -2.11. The maximum Gasteiger partial charge on any atom is 0.158 e. The van der Waals surface area contributed by atoms with Crippen molar-refractivity contribution in [1.29, 1.82) is 0 Å². The number of allylic oxidation sites excluding steroid dienone is 2. The molecule has 78 valence electrons. The Labute approximate surface area is 86.6 Å². The number of Topliss-reactive ketones (excluding diaryl/α,β-unsaturated/α-hetero) is 1. The van der Waals surface area contributed by atoms with Gasteiger partial charge in [0.2, 0.25) is 0 Å². The summed E-state index contributed by atoms with van der Waals surface area (Å²) in [5.74, 6) is 1.16. The molecule has 0 aromatic carbocycles. The topological polar surface area (TPSA) is 17.1 Å². The average molecular weight is 192 g/mol. The highest BCUT2D eigenvalue weighted by Gasteiger charge is 2.18. The van der Waals surface area contributed by atoms with Gasteiger partial charge in [0.1, 0.15) is 0 Å². The first kappa shape index (κ1) is 9.95.